The van der Waals surface area contributed by atoms with E-state index in [0.717, 1.165) is 53.4 Å². The maximum atomic E-state index is 14.8. The van der Waals surface area contributed by atoms with E-state index in [0.29, 0.717) is 102 Å². The molecule has 4 fully saturated rings. The molecule has 8 atom stereocenters. The number of fused-ring (bicyclic) bond motifs is 2. The van der Waals surface area contributed by atoms with E-state index in [-0.39, 0.29) is 48.0 Å². The molecule has 4 saturated heterocycles. The van der Waals surface area contributed by atoms with Crippen LogP contribution in [0.25, 0.3) is 0 Å². The Balaban J connectivity index is 0.000000195. The molecule has 0 saturated carbocycles. The molecule has 428 valence electrons. The highest BCUT2D eigenvalue weighted by Gasteiger charge is 2.46. The van der Waals surface area contributed by atoms with E-state index in [4.69, 9.17) is 4.74 Å². The van der Waals surface area contributed by atoms with Gasteiger partial charge in [0.25, 0.3) is 0 Å². The number of piperazine rings is 2. The number of aliphatic hydroxyl groups excluding tert-OH is 2. The summed E-state index contributed by atoms with van der Waals surface area (Å²) in [5, 5.41) is 23.9. The molecule has 3 amide bonds. The molecule has 0 spiro atoms. The second-order valence-electron chi connectivity index (χ2n) is 22.4. The lowest BCUT2D eigenvalue weighted by atomic mass is 9.87. The molecule has 16 nitrogen and oxygen atoms in total. The van der Waals surface area contributed by atoms with Crippen LogP contribution in [-0.4, -0.2) is 146 Å². The first kappa shape index (κ1) is 57.4. The van der Waals surface area contributed by atoms with Gasteiger partial charge < -0.3 is 44.8 Å². The number of halogens is 8. The van der Waals surface area contributed by atoms with Crippen LogP contribution in [0.1, 0.15) is 154 Å². The minimum Gasteiger partial charge on any atom is -0.444 e. The van der Waals surface area contributed by atoms with Gasteiger partial charge >= 0.3 is 18.4 Å². The van der Waals surface area contributed by atoms with E-state index >= 15 is 0 Å². The average Bonchev–Trinajstić information content (AvgIpc) is 4.27. The number of carbonyl (C=O) groups is 3. The van der Waals surface area contributed by atoms with Gasteiger partial charge in [-0.05, 0) is 113 Å². The molecule has 2 aliphatic carbocycles. The highest BCUT2D eigenvalue weighted by molar-refractivity contribution is 5.86. The van der Waals surface area contributed by atoms with E-state index in [2.05, 4.69) is 30.2 Å². The van der Waals surface area contributed by atoms with E-state index in [1.165, 1.54) is 23.6 Å². The molecule has 6 aliphatic rings. The molecule has 10 rings (SSSR count). The van der Waals surface area contributed by atoms with Crippen molar-refractivity contribution in [2.45, 2.75) is 139 Å². The van der Waals surface area contributed by atoms with E-state index in [1.807, 2.05) is 18.7 Å². The Morgan fingerprint density at radius 2 is 1.09 bits per heavy atom. The van der Waals surface area contributed by atoms with E-state index in [9.17, 15) is 59.7 Å². The number of likely N-dealkylation sites (tertiary alicyclic amines) is 1. The molecule has 6 heterocycles. The van der Waals surface area contributed by atoms with Crippen LogP contribution in [0.2, 0.25) is 0 Å². The minimum atomic E-state index is -4.89. The van der Waals surface area contributed by atoms with Crippen molar-refractivity contribution in [1.82, 2.24) is 40.0 Å². The fourth-order valence-electron chi connectivity index (χ4n) is 12.2. The molecule has 4 aromatic rings. The normalized spacial score (nSPS) is 24.2. The minimum absolute atomic E-state index is 0.0704. The molecule has 79 heavy (non-hydrogen) atoms. The van der Waals surface area contributed by atoms with Crippen LogP contribution in [0, 0.1) is 11.6 Å². The largest absolute Gasteiger partial charge is 0.444 e. The number of hydrogen-bond acceptors (Lipinski definition) is 13. The van der Waals surface area contributed by atoms with Crippen molar-refractivity contribution in [3.8, 4) is 0 Å². The lowest BCUT2D eigenvalue weighted by Gasteiger charge is -2.40. The van der Waals surface area contributed by atoms with E-state index in [1.54, 1.807) is 30.6 Å². The average molecular weight is 1120 g/mol. The number of benzene rings is 2. The molecule has 4 aliphatic heterocycles. The first-order valence-corrected chi connectivity index (χ1v) is 26.9. The van der Waals surface area contributed by atoms with Crippen molar-refractivity contribution < 1.29 is 64.5 Å². The van der Waals surface area contributed by atoms with E-state index < -0.39 is 82.8 Å². The number of nitrogens with one attached hydrogen (secondary N) is 1. The zero-order valence-electron chi connectivity index (χ0n) is 44.6. The number of hydrogen-bond donors (Lipinski definition) is 3. The van der Waals surface area contributed by atoms with Crippen LogP contribution < -0.4 is 15.1 Å². The second-order valence-corrected chi connectivity index (χ2v) is 22.4. The third-order valence-electron chi connectivity index (χ3n) is 16.0. The number of alkyl halides is 6. The highest BCUT2D eigenvalue weighted by atomic mass is 19.4. The highest BCUT2D eigenvalue weighted by Crippen LogP contribution is 2.45. The lowest BCUT2D eigenvalue weighted by Crippen LogP contribution is -2.53. The zero-order chi connectivity index (χ0) is 56.9. The molecule has 0 radical (unpaired) electrons. The summed E-state index contributed by atoms with van der Waals surface area (Å²) >= 11 is 0. The number of amides is 3. The molecular weight excluding hydrogens is 1050 g/mol. The summed E-state index contributed by atoms with van der Waals surface area (Å²) in [6, 6.07) is 4.38. The van der Waals surface area contributed by atoms with Gasteiger partial charge in [-0.1, -0.05) is 26.0 Å². The van der Waals surface area contributed by atoms with Crippen LogP contribution >= 0.6 is 0 Å². The maximum absolute atomic E-state index is 14.8. The smallest absolute Gasteiger partial charge is 0.419 e. The number of anilines is 2. The number of carbonyl (C=O) groups excluding carboxylic acids is 3. The molecule has 3 N–H and O–H groups in total. The van der Waals surface area contributed by atoms with Crippen molar-refractivity contribution >= 4 is 29.5 Å². The van der Waals surface area contributed by atoms with Crippen LogP contribution in [0.3, 0.4) is 0 Å². The summed E-state index contributed by atoms with van der Waals surface area (Å²) in [4.78, 5) is 67.3. The zero-order valence-corrected chi connectivity index (χ0v) is 44.6. The Bertz CT molecular complexity index is 2890. The van der Waals surface area contributed by atoms with Gasteiger partial charge in [-0.3, -0.25) is 9.59 Å². The predicted molar refractivity (Wildman–Crippen MR) is 273 cm³/mol. The van der Waals surface area contributed by atoms with Crippen molar-refractivity contribution in [3.05, 3.63) is 105 Å². The summed E-state index contributed by atoms with van der Waals surface area (Å²) in [6.45, 7) is 13.5. The third kappa shape index (κ3) is 12.1. The molecule has 2 aromatic heterocycles. The number of aliphatic hydroxyl groups is 2. The van der Waals surface area contributed by atoms with Crippen LogP contribution in [0.4, 0.5) is 51.6 Å². The SMILES string of the molecule is C[C@@H]1C[C@@H](O)c2ncnc(N3CCN(C(=O)[C@@H](c4ccc(C(F)(F)F)c(F)c4)[C@@H]4CCCN4)CC3)c21.C[C@@H]1C[C@@H](O)c2ncnc(N3CCN(C(=O)[C@@H](c4ccc(C(F)(F)F)c(F)c4)[C@@H]4CCCN4C(=O)OC(C)(C)C)CC3)c21. The van der Waals surface area contributed by atoms with Gasteiger partial charge in [0.05, 0.1) is 52.6 Å². The lowest BCUT2D eigenvalue weighted by molar-refractivity contribution is -0.140. The van der Waals surface area contributed by atoms with Gasteiger partial charge in [0.2, 0.25) is 11.8 Å². The molecule has 2 aromatic carbocycles. The molecule has 0 unspecified atom stereocenters. The van der Waals surface area contributed by atoms with Gasteiger partial charge in [-0.2, -0.15) is 26.3 Å². The predicted octanol–water partition coefficient (Wildman–Crippen LogP) is 8.37. The number of nitrogens with zero attached hydrogens (tertiary/aromatic N) is 9. The summed E-state index contributed by atoms with van der Waals surface area (Å²) < 4.78 is 114. The Morgan fingerprint density at radius 3 is 1.51 bits per heavy atom. The Morgan fingerprint density at radius 1 is 0.633 bits per heavy atom. The number of ether oxygens (including phenoxy) is 1. The van der Waals surface area contributed by atoms with Crippen LogP contribution in [0.5, 0.6) is 0 Å². The molecular formula is C55H66F8N10O6. The first-order chi connectivity index (χ1) is 37.3. The van der Waals surface area contributed by atoms with Crippen molar-refractivity contribution in [1.29, 1.82) is 0 Å². The standard InChI is InChI=1S/C30H37F4N5O4.C25H29F4N5O2/c1-17-14-22(40)25-23(17)26(36-16-35-25)37-10-12-38(13-11-37)27(41)24(18-7-8-19(20(31)15-18)30(32,33)34)21-6-5-9-39(21)28(42)43-29(2,3)4;1-14-11-19(35)22-20(14)23(32-13-31-22)33-7-9-34(10-8-33)24(36)21(18-3-2-6-30-18)15-4-5-16(17(26)12-15)25(27,28)29/h7-8,15-17,21-22,24,40H,5-6,9-14H2,1-4H3;4-5,12-14,18-19,21,30,35H,2-3,6-11H2,1H3/t17-,21+,22-,24+;14-,18+,19-,21+/m11/s1. The van der Waals surface area contributed by atoms with Gasteiger partial charge in [-0.25, -0.2) is 33.5 Å². The van der Waals surface area contributed by atoms with Gasteiger partial charge in [0, 0.05) is 76.1 Å². The number of rotatable bonds is 8. The van der Waals surface area contributed by atoms with Gasteiger partial charge in [0.15, 0.2) is 0 Å². The summed E-state index contributed by atoms with van der Waals surface area (Å²) in [5.74, 6) is -3.62. The van der Waals surface area contributed by atoms with Crippen molar-refractivity contribution in [2.24, 2.45) is 0 Å². The first-order valence-electron chi connectivity index (χ1n) is 26.9. The Kier molecular flexibility index (Phi) is 16.5. The van der Waals surface area contributed by atoms with Crippen molar-refractivity contribution in [3.63, 3.8) is 0 Å². The van der Waals surface area contributed by atoms with Crippen LogP contribution in [-0.2, 0) is 26.7 Å². The summed E-state index contributed by atoms with van der Waals surface area (Å²) in [7, 11) is 0. The maximum Gasteiger partial charge on any atom is 0.419 e. The second kappa shape index (κ2) is 22.7. The Hall–Kier alpha value is -6.27. The molecule has 24 heteroatoms. The number of aromatic nitrogens is 4. The fourth-order valence-corrected chi connectivity index (χ4v) is 12.2. The van der Waals surface area contributed by atoms with Gasteiger partial charge in [0.1, 0.15) is 41.5 Å². The molecule has 0 bridgehead atoms. The monoisotopic (exact) mass is 1110 g/mol. The van der Waals surface area contributed by atoms with Crippen LogP contribution in [0.15, 0.2) is 49.1 Å². The summed E-state index contributed by atoms with van der Waals surface area (Å²) in [6.07, 6.45) is -5.04. The third-order valence-corrected chi connectivity index (χ3v) is 16.0. The topological polar surface area (TPSA) is 181 Å². The van der Waals surface area contributed by atoms with Crippen molar-refractivity contribution in [2.75, 3.05) is 75.2 Å². The van der Waals surface area contributed by atoms with Gasteiger partial charge in [-0.15, -0.1) is 0 Å². The Labute approximate surface area is 452 Å². The summed E-state index contributed by atoms with van der Waals surface area (Å²) in [5.41, 5.74) is -0.102. The quantitative estimate of drug-likeness (QED) is 0.143. The fraction of sp³-hybridized carbons (Fsp3) is 0.582.